The molecule has 88 valence electrons. The first-order valence-electron chi connectivity index (χ1n) is 5.36. The number of nitrogens with one attached hydrogen (secondary N) is 2. The smallest absolute Gasteiger partial charge is 0.219 e. The van der Waals surface area contributed by atoms with E-state index in [-0.39, 0.29) is 11.8 Å². The van der Waals surface area contributed by atoms with Crippen molar-refractivity contribution in [1.82, 2.24) is 10.6 Å². The molecule has 0 atom stereocenters. The van der Waals surface area contributed by atoms with Crippen molar-refractivity contribution in [2.45, 2.75) is 32.1 Å². The van der Waals surface area contributed by atoms with Crippen LogP contribution < -0.4 is 16.4 Å². The second-order valence-electron chi connectivity index (χ2n) is 3.45. The van der Waals surface area contributed by atoms with E-state index in [9.17, 15) is 9.59 Å². The first kappa shape index (κ1) is 13.9. The van der Waals surface area contributed by atoms with Gasteiger partial charge in [-0.25, -0.2) is 0 Å². The Morgan fingerprint density at radius 3 is 2.33 bits per heavy atom. The minimum atomic E-state index is -0.241. The number of hydrogen-bond acceptors (Lipinski definition) is 3. The summed E-state index contributed by atoms with van der Waals surface area (Å²) in [5.41, 5.74) is 5.00. The SMILES string of the molecule is CNC(=O)CCCNCCCCC(N)=O. The predicted molar refractivity (Wildman–Crippen MR) is 59.2 cm³/mol. The molecule has 0 aliphatic rings. The van der Waals surface area contributed by atoms with Crippen LogP contribution in [0, 0.1) is 0 Å². The average Bonchev–Trinajstić information content (AvgIpc) is 2.21. The van der Waals surface area contributed by atoms with Gasteiger partial charge in [-0.15, -0.1) is 0 Å². The van der Waals surface area contributed by atoms with Gasteiger partial charge in [0, 0.05) is 19.9 Å². The van der Waals surface area contributed by atoms with Crippen LogP contribution in [0.3, 0.4) is 0 Å². The van der Waals surface area contributed by atoms with Crippen molar-refractivity contribution in [1.29, 1.82) is 0 Å². The summed E-state index contributed by atoms with van der Waals surface area (Å²) in [6.07, 6.45) is 3.64. The first-order chi connectivity index (χ1) is 7.16. The van der Waals surface area contributed by atoms with E-state index >= 15 is 0 Å². The lowest BCUT2D eigenvalue weighted by Gasteiger charge is -2.03. The van der Waals surface area contributed by atoms with Crippen LogP contribution in [0.5, 0.6) is 0 Å². The first-order valence-corrected chi connectivity index (χ1v) is 5.36. The van der Waals surface area contributed by atoms with Crippen LogP contribution in [0.4, 0.5) is 0 Å². The third-order valence-electron chi connectivity index (χ3n) is 2.06. The minimum Gasteiger partial charge on any atom is -0.370 e. The molecule has 0 aromatic carbocycles. The highest BCUT2D eigenvalue weighted by Crippen LogP contribution is 1.92. The van der Waals surface area contributed by atoms with Crippen molar-refractivity contribution in [2.24, 2.45) is 5.73 Å². The molecule has 5 heteroatoms. The van der Waals surface area contributed by atoms with Crippen LogP contribution in [-0.4, -0.2) is 32.0 Å². The van der Waals surface area contributed by atoms with E-state index in [0.717, 1.165) is 32.4 Å². The molecule has 0 rings (SSSR count). The number of rotatable bonds is 9. The highest BCUT2D eigenvalue weighted by Gasteiger charge is 1.97. The predicted octanol–water partition coefficient (Wildman–Crippen LogP) is -0.242. The molecule has 0 radical (unpaired) electrons. The van der Waals surface area contributed by atoms with Crippen LogP contribution in [0.15, 0.2) is 0 Å². The summed E-state index contributed by atoms with van der Waals surface area (Å²) >= 11 is 0. The van der Waals surface area contributed by atoms with Crippen LogP contribution >= 0.6 is 0 Å². The van der Waals surface area contributed by atoms with Gasteiger partial charge in [-0.1, -0.05) is 0 Å². The number of nitrogens with two attached hydrogens (primary N) is 1. The Morgan fingerprint density at radius 1 is 1.07 bits per heavy atom. The van der Waals surface area contributed by atoms with Gasteiger partial charge in [0.1, 0.15) is 0 Å². The molecule has 0 aliphatic carbocycles. The summed E-state index contributed by atoms with van der Waals surface area (Å²) in [6.45, 7) is 1.71. The van der Waals surface area contributed by atoms with Gasteiger partial charge in [-0.05, 0) is 32.4 Å². The zero-order valence-electron chi connectivity index (χ0n) is 9.34. The monoisotopic (exact) mass is 215 g/mol. The Morgan fingerprint density at radius 2 is 1.73 bits per heavy atom. The zero-order chi connectivity index (χ0) is 11.5. The van der Waals surface area contributed by atoms with E-state index in [0.29, 0.717) is 12.8 Å². The quantitative estimate of drug-likeness (QED) is 0.464. The average molecular weight is 215 g/mol. The fraction of sp³-hybridized carbons (Fsp3) is 0.800. The van der Waals surface area contributed by atoms with Crippen LogP contribution in [0.25, 0.3) is 0 Å². The maximum Gasteiger partial charge on any atom is 0.219 e. The lowest BCUT2D eigenvalue weighted by Crippen LogP contribution is -2.22. The highest BCUT2D eigenvalue weighted by atomic mass is 16.1. The van der Waals surface area contributed by atoms with Crippen molar-refractivity contribution in [3.05, 3.63) is 0 Å². The molecular weight excluding hydrogens is 194 g/mol. The van der Waals surface area contributed by atoms with Crippen LogP contribution in [0.2, 0.25) is 0 Å². The van der Waals surface area contributed by atoms with Crippen molar-refractivity contribution in [3.63, 3.8) is 0 Å². The van der Waals surface area contributed by atoms with Crippen LogP contribution in [0.1, 0.15) is 32.1 Å². The number of carbonyl (C=O) groups is 2. The molecule has 2 amide bonds. The second kappa shape index (κ2) is 9.45. The van der Waals surface area contributed by atoms with Gasteiger partial charge < -0.3 is 16.4 Å². The second-order valence-corrected chi connectivity index (χ2v) is 3.45. The molecule has 0 aromatic heterocycles. The number of primary amides is 1. The number of unbranched alkanes of at least 4 members (excludes halogenated alkanes) is 1. The van der Waals surface area contributed by atoms with E-state index in [1.54, 1.807) is 7.05 Å². The fourth-order valence-corrected chi connectivity index (χ4v) is 1.17. The number of amides is 2. The maximum atomic E-state index is 10.8. The molecule has 0 unspecified atom stereocenters. The van der Waals surface area contributed by atoms with Gasteiger partial charge in [-0.3, -0.25) is 9.59 Å². The Bertz CT molecular complexity index is 195. The standard InChI is InChI=1S/C10H21N3O2/c1-12-10(15)6-4-8-13-7-3-2-5-9(11)14/h13H,2-8H2,1H3,(H2,11,14)(H,12,15). The molecule has 0 bridgehead atoms. The van der Waals surface area contributed by atoms with E-state index in [2.05, 4.69) is 10.6 Å². The molecule has 0 saturated carbocycles. The third-order valence-corrected chi connectivity index (χ3v) is 2.06. The molecule has 0 aromatic rings. The summed E-state index contributed by atoms with van der Waals surface area (Å²) in [5.74, 6) is -0.167. The van der Waals surface area contributed by atoms with E-state index < -0.39 is 0 Å². The van der Waals surface area contributed by atoms with Gasteiger partial charge in [0.15, 0.2) is 0 Å². The molecule has 0 spiro atoms. The molecule has 4 N–H and O–H groups in total. The molecule has 0 saturated heterocycles. The summed E-state index contributed by atoms with van der Waals surface area (Å²) in [6, 6.07) is 0. The van der Waals surface area contributed by atoms with E-state index in [4.69, 9.17) is 5.73 Å². The number of carbonyl (C=O) groups excluding carboxylic acids is 2. The van der Waals surface area contributed by atoms with E-state index in [1.807, 2.05) is 0 Å². The molecule has 0 fully saturated rings. The van der Waals surface area contributed by atoms with E-state index in [1.165, 1.54) is 0 Å². The molecular formula is C10H21N3O2. The Kier molecular flexibility index (Phi) is 8.76. The summed E-state index contributed by atoms with van der Waals surface area (Å²) in [4.78, 5) is 21.2. The zero-order valence-corrected chi connectivity index (χ0v) is 9.34. The minimum absolute atomic E-state index is 0.0746. The Balaban J connectivity index is 3.05. The topological polar surface area (TPSA) is 84.2 Å². The largest absolute Gasteiger partial charge is 0.370 e. The summed E-state index contributed by atoms with van der Waals surface area (Å²) in [7, 11) is 1.64. The third kappa shape index (κ3) is 10.8. The lowest BCUT2D eigenvalue weighted by molar-refractivity contribution is -0.120. The van der Waals surface area contributed by atoms with Gasteiger partial charge in [0.05, 0.1) is 0 Å². The van der Waals surface area contributed by atoms with Crippen molar-refractivity contribution < 1.29 is 9.59 Å². The number of hydrogen-bond donors (Lipinski definition) is 3. The van der Waals surface area contributed by atoms with Crippen molar-refractivity contribution in [3.8, 4) is 0 Å². The molecule has 0 aliphatic heterocycles. The maximum absolute atomic E-state index is 10.8. The van der Waals surface area contributed by atoms with Crippen molar-refractivity contribution in [2.75, 3.05) is 20.1 Å². The van der Waals surface area contributed by atoms with Gasteiger partial charge in [-0.2, -0.15) is 0 Å². The molecule has 5 nitrogen and oxygen atoms in total. The summed E-state index contributed by atoms with van der Waals surface area (Å²) < 4.78 is 0. The normalized spacial score (nSPS) is 9.93. The van der Waals surface area contributed by atoms with Crippen molar-refractivity contribution >= 4 is 11.8 Å². The molecule has 15 heavy (non-hydrogen) atoms. The van der Waals surface area contributed by atoms with Gasteiger partial charge >= 0.3 is 0 Å². The Labute approximate surface area is 90.8 Å². The Hall–Kier alpha value is -1.10. The fourth-order valence-electron chi connectivity index (χ4n) is 1.17. The lowest BCUT2D eigenvalue weighted by atomic mass is 10.2. The van der Waals surface area contributed by atoms with Gasteiger partial charge in [0.2, 0.25) is 11.8 Å². The highest BCUT2D eigenvalue weighted by molar-refractivity contribution is 5.75. The van der Waals surface area contributed by atoms with Gasteiger partial charge in [0.25, 0.3) is 0 Å². The molecule has 0 heterocycles. The summed E-state index contributed by atoms with van der Waals surface area (Å²) in [5, 5.41) is 5.78. The van der Waals surface area contributed by atoms with Crippen LogP contribution in [-0.2, 0) is 9.59 Å².